The lowest BCUT2D eigenvalue weighted by Crippen LogP contribution is -2.35. The number of nitrogens with two attached hydrogens (primary N) is 1. The van der Waals surface area contributed by atoms with Gasteiger partial charge in [-0.15, -0.1) is 0 Å². The van der Waals surface area contributed by atoms with Gasteiger partial charge in [-0.1, -0.05) is 11.6 Å². The molecule has 0 radical (unpaired) electrons. The Labute approximate surface area is 121 Å². The van der Waals surface area contributed by atoms with Gasteiger partial charge < -0.3 is 20.9 Å². The van der Waals surface area contributed by atoms with E-state index < -0.39 is 12.0 Å². The summed E-state index contributed by atoms with van der Waals surface area (Å²) in [7, 11) is 1.58. The number of carbonyl (C=O) groups is 2. The lowest BCUT2D eigenvalue weighted by Gasteiger charge is -2.12. The van der Waals surface area contributed by atoms with E-state index in [4.69, 9.17) is 27.2 Å². The summed E-state index contributed by atoms with van der Waals surface area (Å²) in [4.78, 5) is 22.6. The van der Waals surface area contributed by atoms with E-state index >= 15 is 0 Å². The normalized spacial score (nSPS) is 11.9. The Kier molecular flexibility index (Phi) is 6.44. The summed E-state index contributed by atoms with van der Waals surface area (Å²) in [6.45, 7) is 0.542. The quantitative estimate of drug-likeness (QED) is 0.666. The molecule has 1 rings (SSSR count). The molecule has 4 N–H and O–H groups in total. The number of rotatable bonds is 7. The van der Waals surface area contributed by atoms with Crippen molar-refractivity contribution in [1.29, 1.82) is 0 Å². The van der Waals surface area contributed by atoms with Crippen LogP contribution in [0.1, 0.15) is 23.2 Å². The molecule has 0 bridgehead atoms. The number of benzene rings is 1. The summed E-state index contributed by atoms with van der Waals surface area (Å²) in [6, 6.07) is 3.53. The first-order chi connectivity index (χ1) is 9.45. The Bertz CT molecular complexity index is 493. The number of nitrogens with one attached hydrogen (secondary N) is 1. The van der Waals surface area contributed by atoms with Crippen LogP contribution in [0, 0.1) is 0 Å². The van der Waals surface area contributed by atoms with Crippen molar-refractivity contribution in [2.45, 2.75) is 18.9 Å². The maximum absolute atomic E-state index is 11.8. The van der Waals surface area contributed by atoms with E-state index in [1.807, 2.05) is 0 Å². The number of hydrogen-bond donors (Lipinski definition) is 3. The highest BCUT2D eigenvalue weighted by Gasteiger charge is 2.15. The maximum atomic E-state index is 11.8. The number of hydrogen-bond acceptors (Lipinski definition) is 4. The molecular formula is C13H17ClN2O4. The van der Waals surface area contributed by atoms with Crippen molar-refractivity contribution in [3.63, 3.8) is 0 Å². The molecule has 1 aromatic carbocycles. The maximum Gasteiger partial charge on any atom is 0.337 e. The molecular weight excluding hydrogens is 284 g/mol. The molecule has 0 aliphatic rings. The van der Waals surface area contributed by atoms with E-state index in [0.717, 1.165) is 0 Å². The Hall–Kier alpha value is -1.63. The van der Waals surface area contributed by atoms with Crippen molar-refractivity contribution in [3.05, 3.63) is 28.8 Å². The topological polar surface area (TPSA) is 102 Å². The highest BCUT2D eigenvalue weighted by Crippen LogP contribution is 2.21. The molecule has 0 spiro atoms. The third-order valence-corrected chi connectivity index (χ3v) is 2.98. The molecule has 20 heavy (non-hydrogen) atoms. The van der Waals surface area contributed by atoms with E-state index in [0.29, 0.717) is 25.1 Å². The predicted molar refractivity (Wildman–Crippen MR) is 76.1 cm³/mol. The molecule has 1 amide bonds. The molecule has 1 unspecified atom stereocenters. The summed E-state index contributed by atoms with van der Waals surface area (Å²) in [5.41, 5.74) is 6.12. The average molecular weight is 301 g/mol. The highest BCUT2D eigenvalue weighted by atomic mass is 35.5. The molecule has 110 valence electrons. The van der Waals surface area contributed by atoms with Crippen molar-refractivity contribution >= 4 is 29.2 Å². The van der Waals surface area contributed by atoms with Crippen LogP contribution < -0.4 is 11.1 Å². The van der Waals surface area contributed by atoms with E-state index in [-0.39, 0.29) is 16.5 Å². The van der Waals surface area contributed by atoms with Crippen molar-refractivity contribution in [2.75, 3.05) is 19.0 Å². The Morgan fingerprint density at radius 2 is 2.20 bits per heavy atom. The van der Waals surface area contributed by atoms with Crippen LogP contribution in [0.4, 0.5) is 5.69 Å². The molecule has 1 atom stereocenters. The number of amides is 1. The smallest absolute Gasteiger partial charge is 0.337 e. The molecule has 0 saturated carbocycles. The second-order valence-electron chi connectivity index (χ2n) is 4.23. The van der Waals surface area contributed by atoms with Crippen molar-refractivity contribution in [1.82, 2.24) is 0 Å². The van der Waals surface area contributed by atoms with Gasteiger partial charge in [-0.2, -0.15) is 0 Å². The average Bonchev–Trinajstić information content (AvgIpc) is 2.38. The highest BCUT2D eigenvalue weighted by molar-refractivity contribution is 6.33. The summed E-state index contributed by atoms with van der Waals surface area (Å²) >= 11 is 5.81. The third-order valence-electron chi connectivity index (χ3n) is 2.67. The van der Waals surface area contributed by atoms with Crippen LogP contribution in [-0.4, -0.2) is 36.7 Å². The van der Waals surface area contributed by atoms with Gasteiger partial charge in [0.2, 0.25) is 5.91 Å². The number of carboxylic acids is 1. The number of ether oxygens (including phenoxy) is 1. The van der Waals surface area contributed by atoms with Gasteiger partial charge in [-0.05, 0) is 31.0 Å². The second kappa shape index (κ2) is 7.84. The molecule has 0 fully saturated rings. The van der Waals surface area contributed by atoms with Crippen LogP contribution in [0.25, 0.3) is 0 Å². The van der Waals surface area contributed by atoms with Crippen LogP contribution in [0.15, 0.2) is 18.2 Å². The third kappa shape index (κ3) is 4.80. The lowest BCUT2D eigenvalue weighted by molar-refractivity contribution is -0.117. The van der Waals surface area contributed by atoms with Gasteiger partial charge in [0.25, 0.3) is 0 Å². The minimum Gasteiger partial charge on any atom is -0.478 e. The van der Waals surface area contributed by atoms with Crippen LogP contribution in [0.2, 0.25) is 5.02 Å². The van der Waals surface area contributed by atoms with Gasteiger partial charge in [0.05, 0.1) is 16.6 Å². The largest absolute Gasteiger partial charge is 0.478 e. The minimum atomic E-state index is -1.12. The Morgan fingerprint density at radius 1 is 1.50 bits per heavy atom. The Morgan fingerprint density at radius 3 is 2.75 bits per heavy atom. The second-order valence-corrected chi connectivity index (χ2v) is 4.64. The zero-order valence-electron chi connectivity index (χ0n) is 11.1. The number of carbonyl (C=O) groups excluding carboxylic acids is 1. The number of carboxylic acid groups (broad SMARTS) is 1. The minimum absolute atomic E-state index is 0.0194. The van der Waals surface area contributed by atoms with Crippen LogP contribution >= 0.6 is 11.6 Å². The van der Waals surface area contributed by atoms with Crippen LogP contribution in [0.3, 0.4) is 0 Å². The van der Waals surface area contributed by atoms with Gasteiger partial charge in [0.1, 0.15) is 0 Å². The fourth-order valence-electron chi connectivity index (χ4n) is 1.58. The van der Waals surface area contributed by atoms with E-state index in [9.17, 15) is 9.59 Å². The van der Waals surface area contributed by atoms with Gasteiger partial charge in [0.15, 0.2) is 0 Å². The standard InChI is InChI=1S/C13H17ClN2O4/c1-20-6-2-3-11(15)12(17)16-8-4-5-9(13(18)19)10(14)7-8/h4-5,7,11H,2-3,6,15H2,1H3,(H,16,17)(H,18,19). The first-order valence-electron chi connectivity index (χ1n) is 6.04. The fraction of sp³-hybridized carbons (Fsp3) is 0.385. The van der Waals surface area contributed by atoms with Gasteiger partial charge >= 0.3 is 5.97 Å². The summed E-state index contributed by atoms with van der Waals surface area (Å²) in [5.74, 6) is -1.47. The van der Waals surface area contributed by atoms with E-state index in [1.54, 1.807) is 7.11 Å². The van der Waals surface area contributed by atoms with Gasteiger partial charge in [-0.3, -0.25) is 4.79 Å². The van der Waals surface area contributed by atoms with Crippen LogP contribution in [0.5, 0.6) is 0 Å². The first kappa shape index (κ1) is 16.4. The fourth-order valence-corrected chi connectivity index (χ4v) is 1.84. The van der Waals surface area contributed by atoms with Crippen molar-refractivity contribution < 1.29 is 19.4 Å². The monoisotopic (exact) mass is 300 g/mol. The zero-order valence-corrected chi connectivity index (χ0v) is 11.8. The predicted octanol–water partition coefficient (Wildman–Crippen LogP) is 1.73. The molecule has 0 heterocycles. The lowest BCUT2D eigenvalue weighted by atomic mass is 10.1. The van der Waals surface area contributed by atoms with Gasteiger partial charge in [0, 0.05) is 19.4 Å². The molecule has 7 heteroatoms. The molecule has 0 aliphatic carbocycles. The molecule has 1 aromatic rings. The number of methoxy groups -OCH3 is 1. The number of anilines is 1. The first-order valence-corrected chi connectivity index (χ1v) is 6.41. The molecule has 0 aliphatic heterocycles. The molecule has 0 saturated heterocycles. The van der Waals surface area contributed by atoms with E-state index in [1.165, 1.54) is 18.2 Å². The zero-order chi connectivity index (χ0) is 15.1. The van der Waals surface area contributed by atoms with Crippen LogP contribution in [-0.2, 0) is 9.53 Å². The summed E-state index contributed by atoms with van der Waals surface area (Å²) < 4.78 is 4.88. The summed E-state index contributed by atoms with van der Waals surface area (Å²) in [5, 5.41) is 11.5. The molecule has 0 aromatic heterocycles. The Balaban J connectivity index is 2.62. The van der Waals surface area contributed by atoms with Crippen molar-refractivity contribution in [3.8, 4) is 0 Å². The summed E-state index contributed by atoms with van der Waals surface area (Å²) in [6.07, 6.45) is 1.18. The number of aromatic carboxylic acids is 1. The number of halogens is 1. The SMILES string of the molecule is COCCCC(N)C(=O)Nc1ccc(C(=O)O)c(Cl)c1. The van der Waals surface area contributed by atoms with Crippen molar-refractivity contribution in [2.24, 2.45) is 5.73 Å². The van der Waals surface area contributed by atoms with Gasteiger partial charge in [-0.25, -0.2) is 4.79 Å². The van der Waals surface area contributed by atoms with E-state index in [2.05, 4.69) is 5.32 Å². The molecule has 6 nitrogen and oxygen atoms in total.